The van der Waals surface area contributed by atoms with E-state index >= 15 is 0 Å². The molecule has 0 amide bonds. The van der Waals surface area contributed by atoms with Gasteiger partial charge in [-0.3, -0.25) is 4.99 Å². The van der Waals surface area contributed by atoms with Gasteiger partial charge in [0.2, 0.25) is 0 Å². The van der Waals surface area contributed by atoms with Crippen molar-refractivity contribution in [1.29, 1.82) is 0 Å². The van der Waals surface area contributed by atoms with Gasteiger partial charge in [-0.05, 0) is 25.2 Å². The molecule has 18 heavy (non-hydrogen) atoms. The number of nitrogens with one attached hydrogen (secondary N) is 1. The molecule has 2 heterocycles. The van der Waals surface area contributed by atoms with Crippen LogP contribution in [0.1, 0.15) is 37.1 Å². The van der Waals surface area contributed by atoms with E-state index < -0.39 is 6.10 Å². The van der Waals surface area contributed by atoms with Crippen LogP contribution in [0.5, 0.6) is 0 Å². The first-order chi connectivity index (χ1) is 8.79. The second kappa shape index (κ2) is 4.70. The van der Waals surface area contributed by atoms with Crippen molar-refractivity contribution in [2.24, 2.45) is 10.9 Å². The van der Waals surface area contributed by atoms with E-state index in [4.69, 9.17) is 0 Å². The zero-order valence-electron chi connectivity index (χ0n) is 10.2. The van der Waals surface area contributed by atoms with Gasteiger partial charge < -0.3 is 20.1 Å². The first kappa shape index (κ1) is 11.7. The van der Waals surface area contributed by atoms with E-state index in [2.05, 4.69) is 19.9 Å². The van der Waals surface area contributed by atoms with Gasteiger partial charge in [0.25, 0.3) is 0 Å². The number of rotatable bonds is 2. The minimum atomic E-state index is -0.637. The molecule has 1 fully saturated rings. The zero-order valence-corrected chi connectivity index (χ0v) is 10.2. The number of hydrogen-bond acceptors (Lipinski definition) is 5. The largest absolute Gasteiger partial charge is 0.396 e. The lowest BCUT2D eigenvalue weighted by Crippen LogP contribution is -2.11. The summed E-state index contributed by atoms with van der Waals surface area (Å²) in [7, 11) is 0. The fraction of sp³-hybridized carbons (Fsp3) is 0.667. The lowest BCUT2D eigenvalue weighted by Gasteiger charge is -2.16. The molecule has 98 valence electrons. The molecule has 1 aliphatic heterocycles. The fourth-order valence-corrected chi connectivity index (χ4v) is 2.86. The Hall–Kier alpha value is -1.40. The van der Waals surface area contributed by atoms with E-state index in [0.29, 0.717) is 24.2 Å². The van der Waals surface area contributed by atoms with Crippen LogP contribution in [0.4, 0.5) is 5.82 Å². The summed E-state index contributed by atoms with van der Waals surface area (Å²) in [5, 5.41) is 22.2. The standard InChI is InChI=1S/C12H18N4O2/c17-5-8-1-2-9(3-8)16-7-15-11-10(18)4-13-6-14-12(11)16/h6-10,17-18H,1-5H2,(H,13,14)/t8-,9+,10-/m1/s1. The molecule has 3 rings (SSSR count). The Morgan fingerprint density at radius 3 is 3.11 bits per heavy atom. The van der Waals surface area contributed by atoms with Gasteiger partial charge in [-0.15, -0.1) is 0 Å². The summed E-state index contributed by atoms with van der Waals surface area (Å²) in [6.07, 6.45) is 5.82. The van der Waals surface area contributed by atoms with E-state index in [9.17, 15) is 10.2 Å². The molecule has 0 saturated heterocycles. The molecule has 0 radical (unpaired) electrons. The molecular formula is C12H18N4O2. The van der Waals surface area contributed by atoms with Crippen molar-refractivity contribution in [2.45, 2.75) is 31.4 Å². The Morgan fingerprint density at radius 2 is 2.33 bits per heavy atom. The van der Waals surface area contributed by atoms with Crippen LogP contribution in [0.25, 0.3) is 0 Å². The topological polar surface area (TPSA) is 82.7 Å². The Bertz CT molecular complexity index is 457. The van der Waals surface area contributed by atoms with E-state index in [1.165, 1.54) is 0 Å². The van der Waals surface area contributed by atoms with Crippen LogP contribution in [0.2, 0.25) is 0 Å². The van der Waals surface area contributed by atoms with Gasteiger partial charge in [0.15, 0.2) is 0 Å². The maximum absolute atomic E-state index is 9.93. The maximum atomic E-state index is 9.93. The quantitative estimate of drug-likeness (QED) is 0.721. The highest BCUT2D eigenvalue weighted by Gasteiger charge is 2.29. The maximum Gasteiger partial charge on any atom is 0.137 e. The molecule has 1 saturated carbocycles. The monoisotopic (exact) mass is 250 g/mol. The van der Waals surface area contributed by atoms with Gasteiger partial charge in [0, 0.05) is 12.6 Å². The molecule has 1 aromatic heterocycles. The first-order valence-corrected chi connectivity index (χ1v) is 6.40. The molecule has 1 aliphatic carbocycles. The Balaban J connectivity index is 1.88. The number of fused-ring (bicyclic) bond motifs is 1. The van der Waals surface area contributed by atoms with Gasteiger partial charge in [-0.2, -0.15) is 0 Å². The lowest BCUT2D eigenvalue weighted by atomic mass is 10.1. The number of aromatic nitrogens is 2. The van der Waals surface area contributed by atoms with E-state index in [1.807, 2.05) is 0 Å². The molecule has 1 aromatic rings. The predicted molar refractivity (Wildman–Crippen MR) is 67.6 cm³/mol. The van der Waals surface area contributed by atoms with Crippen LogP contribution in [0, 0.1) is 5.92 Å². The minimum Gasteiger partial charge on any atom is -0.396 e. The molecule has 3 N–H and O–H groups in total. The molecule has 3 atom stereocenters. The normalized spacial score (nSPS) is 30.9. The number of anilines is 1. The van der Waals surface area contributed by atoms with Gasteiger partial charge in [0.1, 0.15) is 17.6 Å². The summed E-state index contributed by atoms with van der Waals surface area (Å²) < 4.78 is 2.07. The second-order valence-corrected chi connectivity index (χ2v) is 5.06. The average molecular weight is 250 g/mol. The predicted octanol–water partition coefficient (Wildman–Crippen LogP) is 0.704. The van der Waals surface area contributed by atoms with Crippen molar-refractivity contribution in [2.75, 3.05) is 18.5 Å². The van der Waals surface area contributed by atoms with Gasteiger partial charge in [0.05, 0.1) is 19.2 Å². The SMILES string of the molecule is OC[C@@H]1CC[C@H](n2cnc3c2NC=NC[C@H]3O)C1. The smallest absolute Gasteiger partial charge is 0.137 e. The molecule has 6 heteroatoms. The molecule has 2 aliphatic rings. The van der Waals surface area contributed by atoms with Crippen molar-refractivity contribution < 1.29 is 10.2 Å². The first-order valence-electron chi connectivity index (χ1n) is 6.40. The van der Waals surface area contributed by atoms with Crippen molar-refractivity contribution in [3.8, 4) is 0 Å². The average Bonchev–Trinajstić information content (AvgIpc) is 2.96. The molecule has 0 spiro atoms. The third-order valence-corrected chi connectivity index (χ3v) is 3.87. The van der Waals surface area contributed by atoms with Crippen molar-refractivity contribution in [3.63, 3.8) is 0 Å². The number of aliphatic hydroxyl groups excluding tert-OH is 2. The Labute approximate surface area is 105 Å². The molecule has 6 nitrogen and oxygen atoms in total. The molecule has 0 unspecified atom stereocenters. The number of imidazole rings is 1. The van der Waals surface area contributed by atoms with Gasteiger partial charge in [-0.25, -0.2) is 4.98 Å². The summed E-state index contributed by atoms with van der Waals surface area (Å²) in [6.45, 7) is 0.603. The van der Waals surface area contributed by atoms with Crippen LogP contribution in [0.15, 0.2) is 11.3 Å². The number of hydrogen-bond donors (Lipinski definition) is 3. The molecular weight excluding hydrogens is 232 g/mol. The van der Waals surface area contributed by atoms with Gasteiger partial charge >= 0.3 is 0 Å². The van der Waals surface area contributed by atoms with Crippen LogP contribution >= 0.6 is 0 Å². The minimum absolute atomic E-state index is 0.255. The van der Waals surface area contributed by atoms with Crippen LogP contribution < -0.4 is 5.32 Å². The van der Waals surface area contributed by atoms with E-state index in [-0.39, 0.29) is 6.61 Å². The lowest BCUT2D eigenvalue weighted by molar-refractivity contribution is 0.184. The van der Waals surface area contributed by atoms with Gasteiger partial charge in [-0.1, -0.05) is 0 Å². The van der Waals surface area contributed by atoms with E-state index in [0.717, 1.165) is 25.1 Å². The van der Waals surface area contributed by atoms with Crippen LogP contribution in [0.3, 0.4) is 0 Å². The van der Waals surface area contributed by atoms with Crippen LogP contribution in [-0.4, -0.2) is 39.3 Å². The highest BCUT2D eigenvalue weighted by atomic mass is 16.3. The highest BCUT2D eigenvalue weighted by molar-refractivity contribution is 5.76. The second-order valence-electron chi connectivity index (χ2n) is 5.06. The zero-order chi connectivity index (χ0) is 12.5. The fourth-order valence-electron chi connectivity index (χ4n) is 2.86. The third-order valence-electron chi connectivity index (χ3n) is 3.87. The summed E-state index contributed by atoms with van der Waals surface area (Å²) in [6, 6.07) is 0.351. The summed E-state index contributed by atoms with van der Waals surface area (Å²) in [4.78, 5) is 8.36. The Kier molecular flexibility index (Phi) is 3.05. The summed E-state index contributed by atoms with van der Waals surface area (Å²) in [5.74, 6) is 1.23. The third kappa shape index (κ3) is 1.91. The number of aliphatic imine (C=N–C) groups is 1. The van der Waals surface area contributed by atoms with E-state index in [1.54, 1.807) is 12.7 Å². The Morgan fingerprint density at radius 1 is 1.44 bits per heavy atom. The van der Waals surface area contributed by atoms with Crippen molar-refractivity contribution in [1.82, 2.24) is 9.55 Å². The molecule has 0 aromatic carbocycles. The summed E-state index contributed by atoms with van der Waals surface area (Å²) >= 11 is 0. The van der Waals surface area contributed by atoms with Crippen molar-refractivity contribution in [3.05, 3.63) is 12.0 Å². The molecule has 0 bridgehead atoms. The van der Waals surface area contributed by atoms with Crippen molar-refractivity contribution >= 4 is 12.2 Å². The summed E-state index contributed by atoms with van der Waals surface area (Å²) in [5.41, 5.74) is 0.667. The highest BCUT2D eigenvalue weighted by Crippen LogP contribution is 2.37. The van der Waals surface area contributed by atoms with Crippen LogP contribution in [-0.2, 0) is 0 Å². The number of aliphatic hydroxyl groups is 2. The number of nitrogens with zero attached hydrogens (tertiary/aromatic N) is 3.